The van der Waals surface area contributed by atoms with E-state index in [-0.39, 0.29) is 5.91 Å². The molecule has 1 aliphatic heterocycles. The highest BCUT2D eigenvalue weighted by Gasteiger charge is 2.22. The Hall–Kier alpha value is -2.77. The van der Waals surface area contributed by atoms with Crippen molar-refractivity contribution in [3.8, 4) is 17.2 Å². The van der Waals surface area contributed by atoms with Gasteiger partial charge in [-0.3, -0.25) is 4.79 Å². The molecule has 1 aliphatic rings. The zero-order valence-electron chi connectivity index (χ0n) is 16.0. The number of thiocarbonyl (C=S) groups is 1. The van der Waals surface area contributed by atoms with Crippen LogP contribution in [0.25, 0.3) is 6.08 Å². The summed E-state index contributed by atoms with van der Waals surface area (Å²) >= 11 is 6.27. The lowest BCUT2D eigenvalue weighted by Crippen LogP contribution is -2.17. The van der Waals surface area contributed by atoms with E-state index in [0.29, 0.717) is 39.7 Å². The van der Waals surface area contributed by atoms with Crippen molar-refractivity contribution in [3.05, 3.63) is 71.2 Å². The lowest BCUT2D eigenvalue weighted by molar-refractivity contribution is -0.115. The van der Waals surface area contributed by atoms with Crippen LogP contribution in [0.5, 0.6) is 17.2 Å². The number of nitrogens with one attached hydrogen (secondary N) is 1. The lowest BCUT2D eigenvalue weighted by atomic mass is 10.1. The van der Waals surface area contributed by atoms with Gasteiger partial charge in [-0.25, -0.2) is 0 Å². The number of rotatable bonds is 9. The number of amides is 1. The highest BCUT2D eigenvalue weighted by atomic mass is 32.2. The normalized spacial score (nSPS) is 14.6. The first kappa shape index (κ1) is 21.0. The standard InChI is InChI=1S/C22H21NO4S2/c1-3-6-15-9-10-18(19(13-15)25-2)27-12-11-26-17-8-5-4-7-16(17)14-20-21(24)23-22(28)29-20/h3-5,7-10,13-14H,1,6,11-12H2,2H3,(H,23,24,28)/b20-14+. The van der Waals surface area contributed by atoms with Gasteiger partial charge in [-0.05, 0) is 36.3 Å². The summed E-state index contributed by atoms with van der Waals surface area (Å²) < 4.78 is 17.5. The van der Waals surface area contributed by atoms with Crippen LogP contribution >= 0.6 is 24.0 Å². The largest absolute Gasteiger partial charge is 0.493 e. The first-order chi connectivity index (χ1) is 14.1. The molecule has 3 rings (SSSR count). The van der Waals surface area contributed by atoms with Crippen molar-refractivity contribution in [1.82, 2.24) is 5.32 Å². The summed E-state index contributed by atoms with van der Waals surface area (Å²) in [6.07, 6.45) is 4.39. The third-order valence-corrected chi connectivity index (χ3v) is 5.22. The van der Waals surface area contributed by atoms with Gasteiger partial charge in [-0.2, -0.15) is 0 Å². The van der Waals surface area contributed by atoms with Crippen LogP contribution in [-0.4, -0.2) is 30.6 Å². The van der Waals surface area contributed by atoms with E-state index in [1.807, 2.05) is 48.5 Å². The first-order valence-corrected chi connectivity index (χ1v) is 10.2. The number of methoxy groups -OCH3 is 1. The van der Waals surface area contributed by atoms with Crippen molar-refractivity contribution < 1.29 is 19.0 Å². The quantitative estimate of drug-likeness (QED) is 0.278. The van der Waals surface area contributed by atoms with E-state index in [2.05, 4.69) is 11.9 Å². The molecule has 1 saturated heterocycles. The van der Waals surface area contributed by atoms with Gasteiger partial charge in [0.1, 0.15) is 23.3 Å². The Bertz CT molecular complexity index is 956. The van der Waals surface area contributed by atoms with Gasteiger partial charge >= 0.3 is 0 Å². The number of thioether (sulfide) groups is 1. The summed E-state index contributed by atoms with van der Waals surface area (Å²) in [7, 11) is 1.61. The molecular weight excluding hydrogens is 406 g/mol. The average Bonchev–Trinajstić information content (AvgIpc) is 3.04. The fourth-order valence-corrected chi connectivity index (χ4v) is 3.76. The van der Waals surface area contributed by atoms with Crippen LogP contribution in [-0.2, 0) is 11.2 Å². The molecule has 150 valence electrons. The number of allylic oxidation sites excluding steroid dienone is 1. The molecule has 29 heavy (non-hydrogen) atoms. The van der Waals surface area contributed by atoms with Crippen LogP contribution < -0.4 is 19.5 Å². The van der Waals surface area contributed by atoms with Crippen LogP contribution in [0.2, 0.25) is 0 Å². The Labute approximate surface area is 179 Å². The van der Waals surface area contributed by atoms with Crippen LogP contribution in [0.1, 0.15) is 11.1 Å². The minimum Gasteiger partial charge on any atom is -0.493 e. The van der Waals surface area contributed by atoms with Crippen molar-refractivity contribution in [2.45, 2.75) is 6.42 Å². The van der Waals surface area contributed by atoms with Gasteiger partial charge in [-0.15, -0.1) is 6.58 Å². The number of para-hydroxylation sites is 1. The molecule has 0 aliphatic carbocycles. The molecule has 0 radical (unpaired) electrons. The Kier molecular flexibility index (Phi) is 7.32. The molecule has 1 fully saturated rings. The van der Waals surface area contributed by atoms with Gasteiger partial charge in [0.25, 0.3) is 5.91 Å². The number of ether oxygens (including phenoxy) is 3. The number of hydrogen-bond donors (Lipinski definition) is 1. The minimum atomic E-state index is -0.190. The van der Waals surface area contributed by atoms with E-state index >= 15 is 0 Å². The van der Waals surface area contributed by atoms with E-state index in [4.69, 9.17) is 26.4 Å². The fourth-order valence-electron chi connectivity index (χ4n) is 2.72. The van der Waals surface area contributed by atoms with Crippen molar-refractivity contribution in [2.75, 3.05) is 20.3 Å². The van der Waals surface area contributed by atoms with Gasteiger partial charge in [0.15, 0.2) is 11.5 Å². The van der Waals surface area contributed by atoms with Crippen molar-refractivity contribution in [2.24, 2.45) is 0 Å². The molecule has 0 spiro atoms. The lowest BCUT2D eigenvalue weighted by Gasteiger charge is -2.13. The molecule has 0 saturated carbocycles. The number of hydrogen-bond acceptors (Lipinski definition) is 6. The van der Waals surface area contributed by atoms with E-state index in [9.17, 15) is 4.79 Å². The molecular formula is C22H21NO4S2. The smallest absolute Gasteiger partial charge is 0.263 e. The summed E-state index contributed by atoms with van der Waals surface area (Å²) in [4.78, 5) is 12.4. The van der Waals surface area contributed by atoms with Gasteiger partial charge in [0.05, 0.1) is 12.0 Å². The highest BCUT2D eigenvalue weighted by molar-refractivity contribution is 8.26. The molecule has 1 heterocycles. The minimum absolute atomic E-state index is 0.190. The molecule has 1 N–H and O–H groups in total. The maximum absolute atomic E-state index is 11.9. The molecule has 0 bridgehead atoms. The molecule has 2 aromatic carbocycles. The van der Waals surface area contributed by atoms with Crippen LogP contribution in [0.4, 0.5) is 0 Å². The van der Waals surface area contributed by atoms with Crippen LogP contribution in [0.15, 0.2) is 60.0 Å². The van der Waals surface area contributed by atoms with Gasteiger partial charge in [0.2, 0.25) is 0 Å². The summed E-state index contributed by atoms with van der Waals surface area (Å²) in [5.41, 5.74) is 1.91. The molecule has 0 unspecified atom stereocenters. The van der Waals surface area contributed by atoms with E-state index in [1.165, 1.54) is 11.8 Å². The molecule has 0 aromatic heterocycles. The summed E-state index contributed by atoms with van der Waals surface area (Å²) in [5, 5.41) is 2.61. The summed E-state index contributed by atoms with van der Waals surface area (Å²) in [6.45, 7) is 4.44. The summed E-state index contributed by atoms with van der Waals surface area (Å²) in [6, 6.07) is 13.3. The van der Waals surface area contributed by atoms with E-state index in [1.54, 1.807) is 13.2 Å². The highest BCUT2D eigenvalue weighted by Crippen LogP contribution is 2.30. The number of carbonyl (C=O) groups is 1. The third kappa shape index (κ3) is 5.62. The molecule has 5 nitrogen and oxygen atoms in total. The maximum Gasteiger partial charge on any atom is 0.263 e. The maximum atomic E-state index is 11.9. The predicted octanol–water partition coefficient (Wildman–Crippen LogP) is 4.37. The van der Waals surface area contributed by atoms with Gasteiger partial charge < -0.3 is 19.5 Å². The van der Waals surface area contributed by atoms with Gasteiger partial charge in [-0.1, -0.05) is 54.3 Å². The number of carbonyl (C=O) groups excluding carboxylic acids is 1. The van der Waals surface area contributed by atoms with E-state index in [0.717, 1.165) is 17.5 Å². The van der Waals surface area contributed by atoms with E-state index < -0.39 is 0 Å². The topological polar surface area (TPSA) is 56.8 Å². The Morgan fingerprint density at radius 3 is 2.55 bits per heavy atom. The first-order valence-electron chi connectivity index (χ1n) is 8.98. The van der Waals surface area contributed by atoms with Crippen molar-refractivity contribution in [3.63, 3.8) is 0 Å². The van der Waals surface area contributed by atoms with Crippen LogP contribution in [0, 0.1) is 0 Å². The van der Waals surface area contributed by atoms with Crippen molar-refractivity contribution in [1.29, 1.82) is 0 Å². The summed E-state index contributed by atoms with van der Waals surface area (Å²) in [5.74, 6) is 1.81. The number of benzene rings is 2. The Morgan fingerprint density at radius 1 is 1.10 bits per heavy atom. The molecule has 2 aromatic rings. The second-order valence-corrected chi connectivity index (χ2v) is 7.78. The SMILES string of the molecule is C=CCc1ccc(OCCOc2ccccc2/C=C2/SC(=S)NC2=O)c(OC)c1. The second kappa shape index (κ2) is 10.1. The van der Waals surface area contributed by atoms with Crippen LogP contribution in [0.3, 0.4) is 0 Å². The average molecular weight is 428 g/mol. The zero-order valence-corrected chi connectivity index (χ0v) is 17.6. The Morgan fingerprint density at radius 2 is 1.86 bits per heavy atom. The molecule has 0 atom stereocenters. The molecule has 1 amide bonds. The second-order valence-electron chi connectivity index (χ2n) is 6.06. The Balaban J connectivity index is 1.60. The van der Waals surface area contributed by atoms with Gasteiger partial charge in [0, 0.05) is 5.56 Å². The molecule has 7 heteroatoms. The third-order valence-electron chi connectivity index (χ3n) is 4.05. The predicted molar refractivity (Wildman–Crippen MR) is 121 cm³/mol. The monoisotopic (exact) mass is 427 g/mol. The zero-order chi connectivity index (χ0) is 20.6. The fraction of sp³-hybridized carbons (Fsp3) is 0.182. The van der Waals surface area contributed by atoms with Crippen molar-refractivity contribution >= 4 is 40.3 Å².